The van der Waals surface area contributed by atoms with E-state index in [-0.39, 0.29) is 10.6 Å². The van der Waals surface area contributed by atoms with Gasteiger partial charge in [0.1, 0.15) is 11.6 Å². The van der Waals surface area contributed by atoms with Crippen LogP contribution in [-0.4, -0.2) is 13.4 Å². The van der Waals surface area contributed by atoms with Gasteiger partial charge in [-0.3, -0.25) is 0 Å². The lowest BCUT2D eigenvalue weighted by molar-refractivity contribution is -0.140. The molecule has 0 aliphatic rings. The third-order valence-corrected chi connectivity index (χ3v) is 2.58. The number of benzene rings is 1. The molecule has 0 amide bonds. The second-order valence-electron chi connectivity index (χ2n) is 2.69. The number of hydrogen-bond donors (Lipinski definition) is 0. The summed E-state index contributed by atoms with van der Waals surface area (Å²) >= 11 is 0.871. The molecule has 84 valence electrons. The molecule has 0 N–H and O–H groups in total. The van der Waals surface area contributed by atoms with E-state index in [1.54, 1.807) is 0 Å². The maximum atomic E-state index is 12.9. The lowest BCUT2D eigenvalue weighted by Gasteiger charge is -2.14. The average molecular weight is 240 g/mol. The first-order valence-electron chi connectivity index (χ1n) is 3.89. The summed E-state index contributed by atoms with van der Waals surface area (Å²) in [4.78, 5) is -0.105. The Hall–Kier alpha value is -0.910. The van der Waals surface area contributed by atoms with E-state index in [2.05, 4.69) is 0 Å². The first kappa shape index (κ1) is 12.2. The number of thioether (sulfide) groups is 1. The van der Waals surface area contributed by atoms with E-state index in [0.29, 0.717) is 6.07 Å². The van der Waals surface area contributed by atoms with E-state index in [1.165, 1.54) is 13.4 Å². The summed E-state index contributed by atoms with van der Waals surface area (Å²) in [6.45, 7) is 0. The molecular weight excluding hydrogens is 232 g/mol. The van der Waals surface area contributed by atoms with E-state index in [4.69, 9.17) is 4.74 Å². The molecule has 15 heavy (non-hydrogen) atoms. The Morgan fingerprint density at radius 1 is 1.27 bits per heavy atom. The predicted octanol–water partition coefficient (Wildman–Crippen LogP) is 3.58. The molecule has 0 spiro atoms. The average Bonchev–Trinajstić information content (AvgIpc) is 2.15. The van der Waals surface area contributed by atoms with Crippen LogP contribution in [0.15, 0.2) is 17.0 Å². The highest BCUT2D eigenvalue weighted by Crippen LogP contribution is 2.41. The van der Waals surface area contributed by atoms with E-state index in [9.17, 15) is 17.6 Å². The largest absolute Gasteiger partial charge is 0.495 e. The smallest absolute Gasteiger partial charge is 0.417 e. The quantitative estimate of drug-likeness (QED) is 0.577. The fourth-order valence-corrected chi connectivity index (χ4v) is 1.88. The Balaban J connectivity index is 3.42. The zero-order valence-electron chi connectivity index (χ0n) is 7.98. The molecule has 1 aromatic carbocycles. The van der Waals surface area contributed by atoms with Gasteiger partial charge in [-0.15, -0.1) is 11.8 Å². The number of alkyl halides is 3. The molecule has 0 radical (unpaired) electrons. The number of halogens is 4. The highest BCUT2D eigenvalue weighted by molar-refractivity contribution is 7.98. The molecule has 0 bridgehead atoms. The zero-order chi connectivity index (χ0) is 11.6. The SMILES string of the molecule is COc1cc(F)cc(C(F)(F)F)c1SC. The molecule has 0 atom stereocenters. The van der Waals surface area contributed by atoms with E-state index < -0.39 is 17.6 Å². The molecule has 0 unspecified atom stereocenters. The van der Waals surface area contributed by atoms with Crippen LogP contribution in [0.3, 0.4) is 0 Å². The highest BCUT2D eigenvalue weighted by atomic mass is 32.2. The maximum Gasteiger partial charge on any atom is 0.417 e. The summed E-state index contributed by atoms with van der Waals surface area (Å²) in [5, 5.41) is 0. The van der Waals surface area contributed by atoms with Gasteiger partial charge < -0.3 is 4.74 Å². The summed E-state index contributed by atoms with van der Waals surface area (Å²) in [7, 11) is 1.20. The summed E-state index contributed by atoms with van der Waals surface area (Å²) in [5.74, 6) is -1.06. The lowest BCUT2D eigenvalue weighted by Crippen LogP contribution is -2.08. The molecule has 0 aliphatic carbocycles. The van der Waals surface area contributed by atoms with Crippen LogP contribution in [0.2, 0.25) is 0 Å². The van der Waals surface area contributed by atoms with Crippen molar-refractivity contribution in [2.24, 2.45) is 0 Å². The van der Waals surface area contributed by atoms with Crippen molar-refractivity contribution in [2.75, 3.05) is 13.4 Å². The Labute approximate surface area is 88.4 Å². The van der Waals surface area contributed by atoms with Crippen molar-refractivity contribution in [3.8, 4) is 5.75 Å². The van der Waals surface area contributed by atoms with Gasteiger partial charge in [0.05, 0.1) is 17.6 Å². The molecule has 0 heterocycles. The third kappa shape index (κ3) is 2.56. The van der Waals surface area contributed by atoms with Crippen molar-refractivity contribution >= 4 is 11.8 Å². The Morgan fingerprint density at radius 3 is 2.27 bits per heavy atom. The summed E-state index contributed by atoms with van der Waals surface area (Å²) in [6, 6.07) is 1.40. The molecule has 0 saturated heterocycles. The van der Waals surface area contributed by atoms with Gasteiger partial charge in [-0.2, -0.15) is 13.2 Å². The van der Waals surface area contributed by atoms with Gasteiger partial charge in [-0.25, -0.2) is 4.39 Å². The minimum atomic E-state index is -4.58. The van der Waals surface area contributed by atoms with Crippen LogP contribution in [0, 0.1) is 5.82 Å². The zero-order valence-corrected chi connectivity index (χ0v) is 8.80. The second kappa shape index (κ2) is 4.30. The van der Waals surface area contributed by atoms with E-state index in [0.717, 1.165) is 17.8 Å². The minimum Gasteiger partial charge on any atom is -0.495 e. The van der Waals surface area contributed by atoms with E-state index >= 15 is 0 Å². The summed E-state index contributed by atoms with van der Waals surface area (Å²) in [6.07, 6.45) is -3.10. The molecule has 0 aliphatic heterocycles. The van der Waals surface area contributed by atoms with Crippen LogP contribution < -0.4 is 4.74 Å². The highest BCUT2D eigenvalue weighted by Gasteiger charge is 2.35. The van der Waals surface area contributed by atoms with Crippen LogP contribution in [0.5, 0.6) is 5.75 Å². The van der Waals surface area contributed by atoms with Gasteiger partial charge in [0, 0.05) is 6.07 Å². The van der Waals surface area contributed by atoms with Crippen molar-refractivity contribution in [1.29, 1.82) is 0 Å². The summed E-state index contributed by atoms with van der Waals surface area (Å²) < 4.78 is 55.1. The van der Waals surface area contributed by atoms with Crippen molar-refractivity contribution in [3.63, 3.8) is 0 Å². The first-order chi connectivity index (χ1) is 6.90. The van der Waals surface area contributed by atoms with Crippen LogP contribution in [0.1, 0.15) is 5.56 Å². The lowest BCUT2D eigenvalue weighted by atomic mass is 10.2. The van der Waals surface area contributed by atoms with Gasteiger partial charge >= 0.3 is 6.18 Å². The fraction of sp³-hybridized carbons (Fsp3) is 0.333. The van der Waals surface area contributed by atoms with Crippen molar-refractivity contribution in [1.82, 2.24) is 0 Å². The second-order valence-corrected chi connectivity index (χ2v) is 3.50. The van der Waals surface area contributed by atoms with Gasteiger partial charge in [-0.05, 0) is 12.3 Å². The molecule has 0 aromatic heterocycles. The molecule has 1 rings (SSSR count). The van der Waals surface area contributed by atoms with Crippen molar-refractivity contribution in [3.05, 3.63) is 23.5 Å². The first-order valence-corrected chi connectivity index (χ1v) is 5.11. The fourth-order valence-electron chi connectivity index (χ4n) is 1.14. The number of ether oxygens (including phenoxy) is 1. The summed E-state index contributed by atoms with van der Waals surface area (Å²) in [5.41, 5.74) is -1.01. The van der Waals surface area contributed by atoms with Gasteiger partial charge in [-0.1, -0.05) is 0 Å². The van der Waals surface area contributed by atoms with Gasteiger partial charge in [0.15, 0.2) is 0 Å². The normalized spacial score (nSPS) is 11.6. The molecular formula is C9H8F4OS. The molecule has 1 aromatic rings. The monoisotopic (exact) mass is 240 g/mol. The van der Waals surface area contributed by atoms with Crippen molar-refractivity contribution in [2.45, 2.75) is 11.1 Å². The van der Waals surface area contributed by atoms with Gasteiger partial charge in [0.25, 0.3) is 0 Å². The minimum absolute atomic E-state index is 0.102. The standard InChI is InChI=1S/C9H8F4OS/c1-14-7-4-5(10)3-6(8(7)15-2)9(11,12)13/h3-4H,1-2H3. The molecule has 1 nitrogen and oxygen atoms in total. The molecule has 6 heteroatoms. The predicted molar refractivity (Wildman–Crippen MR) is 49.7 cm³/mol. The van der Waals surface area contributed by atoms with E-state index in [1.807, 2.05) is 0 Å². The van der Waals surface area contributed by atoms with Crippen molar-refractivity contribution < 1.29 is 22.3 Å². The third-order valence-electron chi connectivity index (χ3n) is 1.75. The number of hydrogen-bond acceptors (Lipinski definition) is 2. The Bertz CT molecular complexity index is 362. The van der Waals surface area contributed by atoms with Crippen LogP contribution in [-0.2, 0) is 6.18 Å². The van der Waals surface area contributed by atoms with Crippen LogP contribution in [0.25, 0.3) is 0 Å². The number of methoxy groups -OCH3 is 1. The van der Waals surface area contributed by atoms with Crippen LogP contribution in [0.4, 0.5) is 17.6 Å². The topological polar surface area (TPSA) is 9.23 Å². The maximum absolute atomic E-state index is 12.9. The molecule has 0 fully saturated rings. The van der Waals surface area contributed by atoms with Gasteiger partial charge in [0.2, 0.25) is 0 Å². The number of rotatable bonds is 2. The van der Waals surface area contributed by atoms with Crippen LogP contribution >= 0.6 is 11.8 Å². The Kier molecular flexibility index (Phi) is 3.49. The molecule has 0 saturated carbocycles. The Morgan fingerprint density at radius 2 is 1.87 bits per heavy atom.